The minimum Gasteiger partial charge on any atom is -0.391 e. The predicted octanol–water partition coefficient (Wildman–Crippen LogP) is -0.780. The van der Waals surface area contributed by atoms with E-state index >= 15 is 0 Å². The number of nitrogens with zero attached hydrogens (tertiary/aromatic N) is 2. The van der Waals surface area contributed by atoms with Crippen molar-refractivity contribution in [2.24, 2.45) is 0 Å². The van der Waals surface area contributed by atoms with Crippen LogP contribution in [0.3, 0.4) is 0 Å². The molecule has 3 rings (SSSR count). The maximum Gasteiger partial charge on any atom is 0.211 e. The van der Waals surface area contributed by atoms with E-state index in [0.29, 0.717) is 52.2 Å². The summed E-state index contributed by atoms with van der Waals surface area (Å²) in [5.41, 5.74) is 0. The summed E-state index contributed by atoms with van der Waals surface area (Å²) in [4.78, 5) is 2.18. The van der Waals surface area contributed by atoms with Gasteiger partial charge in [0.1, 0.15) is 0 Å². The van der Waals surface area contributed by atoms with Crippen molar-refractivity contribution in [1.82, 2.24) is 9.21 Å². The van der Waals surface area contributed by atoms with E-state index in [0.717, 1.165) is 6.42 Å². The number of aliphatic hydroxyl groups is 1. The van der Waals surface area contributed by atoms with Crippen molar-refractivity contribution in [1.29, 1.82) is 0 Å². The summed E-state index contributed by atoms with van der Waals surface area (Å²) < 4.78 is 36.1. The molecule has 0 amide bonds. The zero-order valence-electron chi connectivity index (χ0n) is 12.4. The molecule has 3 fully saturated rings. The Morgan fingerprint density at radius 2 is 1.76 bits per heavy atom. The fourth-order valence-electron chi connectivity index (χ4n) is 3.62. The molecule has 1 saturated carbocycles. The van der Waals surface area contributed by atoms with Gasteiger partial charge in [-0.05, 0) is 6.42 Å². The highest BCUT2D eigenvalue weighted by Crippen LogP contribution is 2.38. The van der Waals surface area contributed by atoms with Crippen molar-refractivity contribution in [3.05, 3.63) is 0 Å². The summed E-state index contributed by atoms with van der Waals surface area (Å²) in [6.45, 7) is 3.48. The van der Waals surface area contributed by atoms with Gasteiger partial charge < -0.3 is 14.6 Å². The van der Waals surface area contributed by atoms with E-state index in [1.54, 1.807) is 0 Å². The first-order valence-corrected chi connectivity index (χ1v) is 9.40. The molecule has 0 aromatic carbocycles. The van der Waals surface area contributed by atoms with Gasteiger partial charge in [0.05, 0.1) is 25.6 Å². The molecule has 7 nitrogen and oxygen atoms in total. The van der Waals surface area contributed by atoms with Crippen LogP contribution >= 0.6 is 0 Å². The monoisotopic (exact) mass is 320 g/mol. The second-order valence-corrected chi connectivity index (χ2v) is 8.17. The van der Waals surface area contributed by atoms with Gasteiger partial charge in [-0.3, -0.25) is 4.90 Å². The predicted molar refractivity (Wildman–Crippen MR) is 76.3 cm³/mol. The van der Waals surface area contributed by atoms with Gasteiger partial charge in [-0.1, -0.05) is 0 Å². The Balaban J connectivity index is 1.63. The fraction of sp³-hybridized carbons (Fsp3) is 1.00. The topological polar surface area (TPSA) is 79.3 Å². The quantitative estimate of drug-likeness (QED) is 0.719. The Morgan fingerprint density at radius 3 is 2.33 bits per heavy atom. The van der Waals surface area contributed by atoms with Crippen molar-refractivity contribution in [2.75, 3.05) is 45.6 Å². The average Bonchev–Trinajstić information content (AvgIpc) is 2.90. The van der Waals surface area contributed by atoms with Crippen LogP contribution in [0.25, 0.3) is 0 Å². The smallest absolute Gasteiger partial charge is 0.211 e. The number of hydrogen-bond acceptors (Lipinski definition) is 6. The van der Waals surface area contributed by atoms with Crippen LogP contribution in [0.4, 0.5) is 0 Å². The average molecular weight is 320 g/mol. The van der Waals surface area contributed by atoms with Crippen molar-refractivity contribution in [3.8, 4) is 0 Å². The molecule has 21 heavy (non-hydrogen) atoms. The van der Waals surface area contributed by atoms with Gasteiger partial charge in [0.25, 0.3) is 0 Å². The highest BCUT2D eigenvalue weighted by Gasteiger charge is 2.47. The molecule has 1 N–H and O–H groups in total. The molecule has 1 aliphatic carbocycles. The standard InChI is InChI=1S/C13H24N2O5S/c1-21(17,18)15-6-4-14(5-7-15)11-10-13(3-2-12(11)16)19-8-9-20-13/h11-12,16H,2-10H2,1H3. The van der Waals surface area contributed by atoms with E-state index in [1.165, 1.54) is 10.6 Å². The molecule has 8 heteroatoms. The molecule has 2 heterocycles. The van der Waals surface area contributed by atoms with Gasteiger partial charge in [0.15, 0.2) is 5.79 Å². The summed E-state index contributed by atoms with van der Waals surface area (Å²) in [7, 11) is -3.12. The Morgan fingerprint density at radius 1 is 1.14 bits per heavy atom. The Hall–Kier alpha value is -0.250. The lowest BCUT2D eigenvalue weighted by molar-refractivity contribution is -0.206. The lowest BCUT2D eigenvalue weighted by atomic mass is 9.86. The van der Waals surface area contributed by atoms with Crippen LogP contribution in [0, 0.1) is 0 Å². The molecule has 122 valence electrons. The van der Waals surface area contributed by atoms with Gasteiger partial charge in [0.2, 0.25) is 10.0 Å². The molecule has 2 aliphatic heterocycles. The fourth-order valence-corrected chi connectivity index (χ4v) is 4.44. The van der Waals surface area contributed by atoms with Crippen molar-refractivity contribution in [2.45, 2.75) is 37.2 Å². The summed E-state index contributed by atoms with van der Waals surface area (Å²) in [6.07, 6.45) is 2.90. The summed E-state index contributed by atoms with van der Waals surface area (Å²) >= 11 is 0. The molecule has 2 unspecified atom stereocenters. The van der Waals surface area contributed by atoms with Gasteiger partial charge in [-0.25, -0.2) is 8.42 Å². The largest absolute Gasteiger partial charge is 0.391 e. The zero-order chi connectivity index (χ0) is 15.1. The lowest BCUT2D eigenvalue weighted by Gasteiger charge is -2.46. The minimum absolute atomic E-state index is 0.0152. The first-order valence-electron chi connectivity index (χ1n) is 7.55. The minimum atomic E-state index is -3.12. The van der Waals surface area contributed by atoms with Gasteiger partial charge in [-0.2, -0.15) is 4.31 Å². The van der Waals surface area contributed by atoms with Crippen LogP contribution < -0.4 is 0 Å². The van der Waals surface area contributed by atoms with E-state index in [-0.39, 0.29) is 6.04 Å². The molecule has 1 spiro atoms. The number of hydrogen-bond donors (Lipinski definition) is 1. The van der Waals surface area contributed by atoms with Gasteiger partial charge in [0, 0.05) is 45.1 Å². The molecule has 2 atom stereocenters. The van der Waals surface area contributed by atoms with Gasteiger partial charge in [-0.15, -0.1) is 0 Å². The maximum absolute atomic E-state index is 11.6. The summed E-state index contributed by atoms with van der Waals surface area (Å²) in [5, 5.41) is 10.3. The molecule has 2 saturated heterocycles. The Labute approximate surface area is 125 Å². The third-order valence-electron chi connectivity index (χ3n) is 4.81. The van der Waals surface area contributed by atoms with Crippen LogP contribution in [0.2, 0.25) is 0 Å². The second-order valence-electron chi connectivity index (χ2n) is 6.18. The number of ether oxygens (including phenoxy) is 2. The van der Waals surface area contributed by atoms with E-state index in [4.69, 9.17) is 9.47 Å². The zero-order valence-corrected chi connectivity index (χ0v) is 13.2. The van der Waals surface area contributed by atoms with E-state index in [1.807, 2.05) is 0 Å². The number of piperazine rings is 1. The van der Waals surface area contributed by atoms with Crippen molar-refractivity contribution < 1.29 is 23.0 Å². The van der Waals surface area contributed by atoms with Crippen LogP contribution in [0.15, 0.2) is 0 Å². The van der Waals surface area contributed by atoms with Gasteiger partial charge >= 0.3 is 0 Å². The first-order chi connectivity index (χ1) is 9.90. The first kappa shape index (κ1) is 15.6. The highest BCUT2D eigenvalue weighted by molar-refractivity contribution is 7.88. The lowest BCUT2D eigenvalue weighted by Crippen LogP contribution is -2.58. The molecule has 0 radical (unpaired) electrons. The third-order valence-corrected chi connectivity index (χ3v) is 6.11. The van der Waals surface area contributed by atoms with Crippen LogP contribution in [-0.4, -0.2) is 86.3 Å². The number of aliphatic hydroxyl groups excluding tert-OH is 1. The number of rotatable bonds is 2. The number of sulfonamides is 1. The summed E-state index contributed by atoms with van der Waals surface area (Å²) in [5.74, 6) is -0.530. The Bertz CT molecular complexity index is 469. The molecule has 0 aromatic rings. The van der Waals surface area contributed by atoms with E-state index < -0.39 is 21.9 Å². The van der Waals surface area contributed by atoms with Crippen LogP contribution in [0.1, 0.15) is 19.3 Å². The molecule has 0 bridgehead atoms. The SMILES string of the molecule is CS(=O)(=O)N1CCN(C2CC3(CCC2O)OCCO3)CC1. The molecular formula is C13H24N2O5S. The van der Waals surface area contributed by atoms with E-state index in [9.17, 15) is 13.5 Å². The van der Waals surface area contributed by atoms with Crippen molar-refractivity contribution >= 4 is 10.0 Å². The van der Waals surface area contributed by atoms with Crippen LogP contribution in [0.5, 0.6) is 0 Å². The normalized spacial score (nSPS) is 35.3. The highest BCUT2D eigenvalue weighted by atomic mass is 32.2. The van der Waals surface area contributed by atoms with Crippen molar-refractivity contribution in [3.63, 3.8) is 0 Å². The summed E-state index contributed by atoms with van der Waals surface area (Å²) in [6, 6.07) is -0.0152. The van der Waals surface area contributed by atoms with E-state index in [2.05, 4.69) is 4.90 Å². The molecule has 3 aliphatic rings. The molecular weight excluding hydrogens is 296 g/mol. The maximum atomic E-state index is 11.6. The van der Waals surface area contributed by atoms with Crippen LogP contribution in [-0.2, 0) is 19.5 Å². The Kier molecular flexibility index (Phi) is 4.28. The molecule has 0 aromatic heterocycles. The second kappa shape index (κ2) is 5.75. The third kappa shape index (κ3) is 3.25.